The van der Waals surface area contributed by atoms with Gasteiger partial charge < -0.3 is 9.64 Å². The summed E-state index contributed by atoms with van der Waals surface area (Å²) in [5.74, 6) is -1.95. The molecule has 11 heteroatoms. The monoisotopic (exact) mass is 437 g/mol. The number of para-hydroxylation sites is 1. The molecule has 0 saturated carbocycles. The number of piperidine rings is 1. The number of likely N-dealkylation sites (tertiary alicyclic amines) is 1. The first-order valence-electron chi connectivity index (χ1n) is 9.66. The number of amides is 1. The number of ether oxygens (including phenoxy) is 1. The Morgan fingerprint density at radius 3 is 2.77 bits per heavy atom. The number of hydrogen-bond donors (Lipinski definition) is 1. The number of carbonyl (C=O) groups excluding carboxylic acids is 1. The zero-order valence-corrected chi connectivity index (χ0v) is 16.3. The Hall–Kier alpha value is -3.21. The first-order chi connectivity index (χ1) is 14.8. The van der Waals surface area contributed by atoms with E-state index >= 15 is 0 Å². The van der Waals surface area contributed by atoms with E-state index in [-0.39, 0.29) is 12.5 Å². The number of benzene rings is 1. The molecule has 1 fully saturated rings. The van der Waals surface area contributed by atoms with Crippen molar-refractivity contribution in [3.8, 4) is 5.88 Å². The van der Waals surface area contributed by atoms with Crippen molar-refractivity contribution >= 4 is 17.8 Å². The second kappa shape index (κ2) is 8.50. The maximum atomic E-state index is 14.1. The molecule has 164 valence electrons. The number of carbonyl (C=O) groups is 1. The van der Waals surface area contributed by atoms with E-state index in [0.29, 0.717) is 49.4 Å². The molecule has 2 aliphatic rings. The molecule has 1 N–H and O–H groups in total. The number of halogens is 4. The smallest absolute Gasteiger partial charge is 0.417 e. The summed E-state index contributed by atoms with van der Waals surface area (Å²) in [5.41, 5.74) is 2.87. The maximum absolute atomic E-state index is 14.1. The average molecular weight is 437 g/mol. The van der Waals surface area contributed by atoms with E-state index in [9.17, 15) is 22.4 Å². The number of nitrogens with one attached hydrogen (secondary N) is 1. The molecule has 3 heterocycles. The van der Waals surface area contributed by atoms with Crippen LogP contribution in [0.4, 0.5) is 23.2 Å². The third-order valence-electron chi connectivity index (χ3n) is 4.97. The van der Waals surface area contributed by atoms with Crippen LogP contribution < -0.4 is 15.3 Å². The summed E-state index contributed by atoms with van der Waals surface area (Å²) in [6, 6.07) is 7.35. The van der Waals surface area contributed by atoms with Crippen molar-refractivity contribution in [3.63, 3.8) is 0 Å². The van der Waals surface area contributed by atoms with Gasteiger partial charge in [-0.15, -0.1) is 0 Å². The summed E-state index contributed by atoms with van der Waals surface area (Å²) in [6.07, 6.45) is -1.96. The van der Waals surface area contributed by atoms with Crippen molar-refractivity contribution in [2.24, 2.45) is 5.10 Å². The number of anilines is 1. The van der Waals surface area contributed by atoms with E-state index in [0.717, 1.165) is 0 Å². The number of pyridine rings is 1. The van der Waals surface area contributed by atoms with Gasteiger partial charge in [0.05, 0.1) is 29.9 Å². The van der Waals surface area contributed by atoms with Crippen LogP contribution in [0.5, 0.6) is 5.88 Å². The number of nitrogens with zero attached hydrogens (tertiary/aromatic N) is 4. The second-order valence-corrected chi connectivity index (χ2v) is 7.13. The minimum Gasteiger partial charge on any atom is -0.470 e. The molecule has 0 aliphatic carbocycles. The fraction of sp³-hybridized carbons (Fsp3) is 0.350. The van der Waals surface area contributed by atoms with Crippen LogP contribution in [0.15, 0.2) is 41.6 Å². The molecular weight excluding hydrogens is 418 g/mol. The molecule has 0 bridgehead atoms. The van der Waals surface area contributed by atoms with Crippen LogP contribution in [-0.2, 0) is 6.18 Å². The van der Waals surface area contributed by atoms with Gasteiger partial charge in [-0.05, 0) is 31.0 Å². The zero-order valence-electron chi connectivity index (χ0n) is 16.3. The van der Waals surface area contributed by atoms with Crippen LogP contribution in [0.2, 0.25) is 0 Å². The van der Waals surface area contributed by atoms with Crippen LogP contribution in [-0.4, -0.2) is 47.7 Å². The van der Waals surface area contributed by atoms with E-state index in [1.54, 1.807) is 35.4 Å². The van der Waals surface area contributed by atoms with E-state index in [1.807, 2.05) is 0 Å². The topological polar surface area (TPSA) is 70.1 Å². The van der Waals surface area contributed by atoms with Gasteiger partial charge in [0.1, 0.15) is 6.10 Å². The molecule has 1 amide bonds. The van der Waals surface area contributed by atoms with E-state index < -0.39 is 29.5 Å². The van der Waals surface area contributed by atoms with Crippen molar-refractivity contribution < 1.29 is 27.1 Å². The van der Waals surface area contributed by atoms with Crippen molar-refractivity contribution in [2.75, 3.05) is 24.8 Å². The maximum Gasteiger partial charge on any atom is 0.417 e. The first-order valence-corrected chi connectivity index (χ1v) is 9.66. The highest BCUT2D eigenvalue weighted by molar-refractivity contribution is 6.00. The van der Waals surface area contributed by atoms with Gasteiger partial charge in [-0.1, -0.05) is 12.1 Å². The lowest BCUT2D eigenvalue weighted by Gasteiger charge is -2.33. The highest BCUT2D eigenvalue weighted by Gasteiger charge is 2.33. The molecule has 2 aromatic rings. The predicted molar refractivity (Wildman–Crippen MR) is 104 cm³/mol. The Bertz CT molecular complexity index is 998. The Kier molecular flexibility index (Phi) is 5.77. The second-order valence-electron chi connectivity index (χ2n) is 7.13. The number of alkyl halides is 3. The molecule has 31 heavy (non-hydrogen) atoms. The fourth-order valence-electron chi connectivity index (χ4n) is 3.49. The van der Waals surface area contributed by atoms with Crippen molar-refractivity contribution in [1.29, 1.82) is 0 Å². The van der Waals surface area contributed by atoms with E-state index in [1.165, 1.54) is 5.12 Å². The highest BCUT2D eigenvalue weighted by atomic mass is 19.4. The molecule has 1 aromatic carbocycles. The van der Waals surface area contributed by atoms with Gasteiger partial charge in [-0.3, -0.25) is 4.79 Å². The Labute approximate surface area is 175 Å². The van der Waals surface area contributed by atoms with Gasteiger partial charge in [-0.2, -0.15) is 23.4 Å². The third-order valence-corrected chi connectivity index (χ3v) is 4.97. The standard InChI is InChI=1S/C20H19F4N5O2/c21-16-10-13(20(22,23)24)11-25-18(16)31-14-4-3-9-28(12-14)19(30)15-5-1-2-6-17(15)29-26-7-8-27-29/h1-2,5-7,10-11,14,27H,3-4,8-9,12H2. The fourth-order valence-corrected chi connectivity index (χ4v) is 3.49. The molecule has 0 spiro atoms. The summed E-state index contributed by atoms with van der Waals surface area (Å²) in [6.45, 7) is 1.19. The molecular formula is C20H19F4N5O2. The SMILES string of the molecule is O=C(c1ccccc1N1N=CCN1)N1CCCC(Oc2ncc(C(F)(F)F)cc2F)C1. The lowest BCUT2D eigenvalue weighted by atomic mass is 10.1. The summed E-state index contributed by atoms with van der Waals surface area (Å²) >= 11 is 0. The minimum atomic E-state index is -4.69. The molecule has 1 unspecified atom stereocenters. The van der Waals surface area contributed by atoms with Gasteiger partial charge in [0, 0.05) is 19.0 Å². The minimum absolute atomic E-state index is 0.159. The van der Waals surface area contributed by atoms with Crippen molar-refractivity contribution in [2.45, 2.75) is 25.1 Å². The van der Waals surface area contributed by atoms with E-state index in [2.05, 4.69) is 15.5 Å². The Balaban J connectivity index is 1.47. The van der Waals surface area contributed by atoms with Crippen molar-refractivity contribution in [3.05, 3.63) is 53.5 Å². The number of hydrazone groups is 1. The molecule has 1 aromatic heterocycles. The van der Waals surface area contributed by atoms with Gasteiger partial charge in [-0.25, -0.2) is 14.8 Å². The molecule has 7 nitrogen and oxygen atoms in total. The summed E-state index contributed by atoms with van der Waals surface area (Å²) in [7, 11) is 0. The summed E-state index contributed by atoms with van der Waals surface area (Å²) < 4.78 is 57.7. The lowest BCUT2D eigenvalue weighted by Crippen LogP contribution is -2.45. The summed E-state index contributed by atoms with van der Waals surface area (Å²) in [5, 5.41) is 5.69. The highest BCUT2D eigenvalue weighted by Crippen LogP contribution is 2.31. The number of rotatable bonds is 4. The normalized spacial score (nSPS) is 19.0. The van der Waals surface area contributed by atoms with E-state index in [4.69, 9.17) is 4.74 Å². The zero-order chi connectivity index (χ0) is 22.0. The molecule has 4 rings (SSSR count). The third kappa shape index (κ3) is 4.61. The molecule has 1 atom stereocenters. The summed E-state index contributed by atoms with van der Waals surface area (Å²) in [4.78, 5) is 18.2. The van der Waals surface area contributed by atoms with Gasteiger partial charge in [0.2, 0.25) is 0 Å². The van der Waals surface area contributed by atoms with Crippen molar-refractivity contribution in [1.82, 2.24) is 15.3 Å². The molecule has 1 saturated heterocycles. The van der Waals surface area contributed by atoms with Gasteiger partial charge in [0.15, 0.2) is 5.82 Å². The Morgan fingerprint density at radius 2 is 2.06 bits per heavy atom. The average Bonchev–Trinajstić information content (AvgIpc) is 3.29. The van der Waals surface area contributed by atoms with Crippen LogP contribution in [0, 0.1) is 5.82 Å². The Morgan fingerprint density at radius 1 is 1.26 bits per heavy atom. The number of hydrazine groups is 1. The molecule has 0 radical (unpaired) electrons. The van der Waals surface area contributed by atoms with Crippen LogP contribution in [0.1, 0.15) is 28.8 Å². The van der Waals surface area contributed by atoms with Gasteiger partial charge in [0.25, 0.3) is 11.8 Å². The van der Waals surface area contributed by atoms with Gasteiger partial charge >= 0.3 is 6.18 Å². The van der Waals surface area contributed by atoms with Crippen LogP contribution in [0.25, 0.3) is 0 Å². The molecule has 2 aliphatic heterocycles. The number of hydrogen-bond acceptors (Lipinski definition) is 6. The number of aromatic nitrogens is 1. The lowest BCUT2D eigenvalue weighted by molar-refractivity contribution is -0.138. The predicted octanol–water partition coefficient (Wildman–Crippen LogP) is 3.23. The quantitative estimate of drug-likeness (QED) is 0.744. The van der Waals surface area contributed by atoms with Crippen LogP contribution >= 0.6 is 0 Å². The largest absolute Gasteiger partial charge is 0.470 e. The first kappa shape index (κ1) is 21.0. The van der Waals surface area contributed by atoms with Crippen LogP contribution in [0.3, 0.4) is 0 Å².